The van der Waals surface area contributed by atoms with Crippen LogP contribution in [0, 0.1) is 0 Å². The van der Waals surface area contributed by atoms with Crippen LogP contribution in [0.25, 0.3) is 0 Å². The molecule has 0 saturated heterocycles. The third-order valence-electron chi connectivity index (χ3n) is 4.03. The predicted molar refractivity (Wildman–Crippen MR) is 110 cm³/mol. The number of hydrogen-bond donors (Lipinski definition) is 1. The second kappa shape index (κ2) is 12.9. The van der Waals surface area contributed by atoms with Crippen LogP contribution in [0.5, 0.6) is 11.5 Å². The zero-order valence-corrected chi connectivity index (χ0v) is 17.9. The highest BCUT2D eigenvalue weighted by Gasteiger charge is 2.20. The number of ether oxygens (including phenoxy) is 3. The summed E-state index contributed by atoms with van der Waals surface area (Å²) >= 11 is 0. The van der Waals surface area contributed by atoms with Crippen LogP contribution in [0.1, 0.15) is 71.8 Å². The zero-order chi connectivity index (χ0) is 21.8. The quantitative estimate of drug-likeness (QED) is 0.416. The Bertz CT molecular complexity index is 686. The number of rotatable bonds is 12. The fraction of sp³-hybridized carbons (Fsp3) is 0.591. The lowest BCUT2D eigenvalue weighted by Gasteiger charge is -2.15. The minimum absolute atomic E-state index is 0.151. The third kappa shape index (κ3) is 9.56. The molecule has 0 amide bonds. The van der Waals surface area contributed by atoms with Crippen LogP contribution >= 0.6 is 0 Å². The summed E-state index contributed by atoms with van der Waals surface area (Å²) < 4.78 is 15.9. The summed E-state index contributed by atoms with van der Waals surface area (Å²) in [5.41, 5.74) is 6.59. The highest BCUT2D eigenvalue weighted by Crippen LogP contribution is 2.30. The molecule has 1 unspecified atom stereocenters. The predicted octanol–water partition coefficient (Wildman–Crippen LogP) is 3.70. The Morgan fingerprint density at radius 3 is 2.00 bits per heavy atom. The zero-order valence-electron chi connectivity index (χ0n) is 17.9. The molecule has 0 aliphatic heterocycles. The van der Waals surface area contributed by atoms with Crippen molar-refractivity contribution in [2.75, 3.05) is 0 Å². The van der Waals surface area contributed by atoms with E-state index in [1.54, 1.807) is 32.0 Å². The van der Waals surface area contributed by atoms with E-state index in [-0.39, 0.29) is 42.8 Å². The van der Waals surface area contributed by atoms with E-state index in [2.05, 4.69) is 0 Å². The number of hydrogen-bond acceptors (Lipinski definition) is 7. The molecule has 1 aromatic rings. The summed E-state index contributed by atoms with van der Waals surface area (Å²) in [5, 5.41) is 0. The van der Waals surface area contributed by atoms with Gasteiger partial charge in [0.15, 0.2) is 11.5 Å². The van der Waals surface area contributed by atoms with Crippen molar-refractivity contribution in [1.82, 2.24) is 0 Å². The number of unbranched alkanes of at least 4 members (excludes halogenated alkanes) is 2. The molecule has 162 valence electrons. The molecule has 1 atom stereocenters. The fourth-order valence-corrected chi connectivity index (χ4v) is 2.49. The first-order valence-corrected chi connectivity index (χ1v) is 10.3. The number of esters is 3. The van der Waals surface area contributed by atoms with Gasteiger partial charge in [0.2, 0.25) is 0 Å². The Morgan fingerprint density at radius 1 is 0.931 bits per heavy atom. The largest absolute Gasteiger partial charge is 0.462 e. The highest BCUT2D eigenvalue weighted by atomic mass is 16.6. The lowest BCUT2D eigenvalue weighted by Crippen LogP contribution is -2.35. The average Bonchev–Trinajstić information content (AvgIpc) is 2.66. The Morgan fingerprint density at radius 2 is 1.48 bits per heavy atom. The summed E-state index contributed by atoms with van der Waals surface area (Å²) in [7, 11) is 0. The summed E-state index contributed by atoms with van der Waals surface area (Å²) in [6.45, 7) is 7.46. The molecular formula is C22H33NO6. The normalized spacial score (nSPS) is 11.8. The van der Waals surface area contributed by atoms with E-state index in [0.717, 1.165) is 19.3 Å². The van der Waals surface area contributed by atoms with E-state index in [9.17, 15) is 14.4 Å². The molecule has 1 aromatic carbocycles. The van der Waals surface area contributed by atoms with Crippen molar-refractivity contribution in [3.05, 3.63) is 23.8 Å². The smallest absolute Gasteiger partial charge is 0.323 e. The minimum Gasteiger partial charge on any atom is -0.462 e. The molecule has 0 spiro atoms. The van der Waals surface area contributed by atoms with Crippen molar-refractivity contribution in [2.45, 2.75) is 84.8 Å². The molecular weight excluding hydrogens is 374 g/mol. The molecule has 0 heterocycles. The number of carbonyl (C=O) groups is 3. The van der Waals surface area contributed by atoms with Gasteiger partial charge >= 0.3 is 17.9 Å². The lowest BCUT2D eigenvalue weighted by atomic mass is 10.1. The van der Waals surface area contributed by atoms with Crippen LogP contribution in [0.3, 0.4) is 0 Å². The van der Waals surface area contributed by atoms with Crippen LogP contribution < -0.4 is 15.2 Å². The third-order valence-corrected chi connectivity index (χ3v) is 4.03. The average molecular weight is 408 g/mol. The van der Waals surface area contributed by atoms with Crippen LogP contribution in [0.15, 0.2) is 18.2 Å². The van der Waals surface area contributed by atoms with Crippen molar-refractivity contribution in [3.8, 4) is 11.5 Å². The maximum atomic E-state index is 12.1. The molecule has 0 aliphatic carbocycles. The van der Waals surface area contributed by atoms with Crippen LogP contribution in [-0.2, 0) is 25.5 Å². The molecule has 7 nitrogen and oxygen atoms in total. The first-order valence-electron chi connectivity index (χ1n) is 10.3. The van der Waals surface area contributed by atoms with Crippen molar-refractivity contribution >= 4 is 17.9 Å². The summed E-state index contributed by atoms with van der Waals surface area (Å²) in [6.07, 6.45) is 3.66. The monoisotopic (exact) mass is 407 g/mol. The molecule has 1 rings (SSSR count). The molecule has 0 saturated carbocycles. The standard InChI is InChI=1S/C22H33NO6/c1-5-7-9-20(24)28-18-12-11-16(13-17(23)22(26)27-15(3)4)14-19(18)29-21(25)10-8-6-2/h11-12,14-15,17H,5-10,13,23H2,1-4H3. The summed E-state index contributed by atoms with van der Waals surface area (Å²) in [6, 6.07) is 3.98. The Kier molecular flexibility index (Phi) is 11.0. The van der Waals surface area contributed by atoms with E-state index in [1.165, 1.54) is 0 Å². The van der Waals surface area contributed by atoms with Gasteiger partial charge < -0.3 is 19.9 Å². The van der Waals surface area contributed by atoms with Crippen molar-refractivity contribution in [1.29, 1.82) is 0 Å². The van der Waals surface area contributed by atoms with Gasteiger partial charge in [0.05, 0.1) is 6.10 Å². The Hall–Kier alpha value is -2.41. The van der Waals surface area contributed by atoms with E-state index >= 15 is 0 Å². The Balaban J connectivity index is 2.96. The van der Waals surface area contributed by atoms with Gasteiger partial charge in [-0.15, -0.1) is 0 Å². The molecule has 0 aliphatic rings. The maximum Gasteiger partial charge on any atom is 0.323 e. The van der Waals surface area contributed by atoms with Gasteiger partial charge in [-0.1, -0.05) is 32.8 Å². The molecule has 0 fully saturated rings. The first kappa shape index (κ1) is 24.6. The highest BCUT2D eigenvalue weighted by molar-refractivity contribution is 5.77. The topological polar surface area (TPSA) is 105 Å². The molecule has 0 radical (unpaired) electrons. The van der Waals surface area contributed by atoms with Gasteiger partial charge in [-0.3, -0.25) is 14.4 Å². The van der Waals surface area contributed by atoms with E-state index in [0.29, 0.717) is 12.0 Å². The summed E-state index contributed by atoms with van der Waals surface area (Å²) in [4.78, 5) is 36.0. The van der Waals surface area contributed by atoms with Gasteiger partial charge in [-0.05, 0) is 50.8 Å². The SMILES string of the molecule is CCCCC(=O)Oc1ccc(CC(N)C(=O)OC(C)C)cc1OC(=O)CCCC. The van der Waals surface area contributed by atoms with Crippen molar-refractivity contribution in [2.24, 2.45) is 5.73 Å². The molecule has 2 N–H and O–H groups in total. The van der Waals surface area contributed by atoms with Crippen LogP contribution in [0.2, 0.25) is 0 Å². The van der Waals surface area contributed by atoms with E-state index in [4.69, 9.17) is 19.9 Å². The second-order valence-electron chi connectivity index (χ2n) is 7.23. The number of nitrogens with two attached hydrogens (primary N) is 1. The Labute approximate surface area is 172 Å². The van der Waals surface area contributed by atoms with Gasteiger partial charge in [-0.25, -0.2) is 0 Å². The number of carbonyl (C=O) groups excluding carboxylic acids is 3. The van der Waals surface area contributed by atoms with Crippen LogP contribution in [0.4, 0.5) is 0 Å². The van der Waals surface area contributed by atoms with Gasteiger partial charge in [-0.2, -0.15) is 0 Å². The molecule has 0 bridgehead atoms. The molecule has 29 heavy (non-hydrogen) atoms. The van der Waals surface area contributed by atoms with Crippen LogP contribution in [-0.4, -0.2) is 30.1 Å². The van der Waals surface area contributed by atoms with E-state index in [1.807, 2.05) is 13.8 Å². The first-order chi connectivity index (χ1) is 13.8. The molecule has 0 aromatic heterocycles. The molecule has 7 heteroatoms. The van der Waals surface area contributed by atoms with Gasteiger partial charge in [0.1, 0.15) is 6.04 Å². The summed E-state index contributed by atoms with van der Waals surface area (Å²) in [5.74, 6) is -0.964. The fourth-order valence-electron chi connectivity index (χ4n) is 2.49. The number of benzene rings is 1. The maximum absolute atomic E-state index is 12.1. The lowest BCUT2D eigenvalue weighted by molar-refractivity contribution is -0.149. The minimum atomic E-state index is -0.848. The van der Waals surface area contributed by atoms with Gasteiger partial charge in [0.25, 0.3) is 0 Å². The van der Waals surface area contributed by atoms with Crippen molar-refractivity contribution < 1.29 is 28.6 Å². The second-order valence-corrected chi connectivity index (χ2v) is 7.23. The van der Waals surface area contributed by atoms with Crippen molar-refractivity contribution in [3.63, 3.8) is 0 Å². The van der Waals surface area contributed by atoms with Gasteiger partial charge in [0, 0.05) is 12.8 Å². The van der Waals surface area contributed by atoms with E-state index < -0.39 is 18.0 Å².